The molecule has 1 fully saturated rings. The Balaban J connectivity index is 2.16. The van der Waals surface area contributed by atoms with Gasteiger partial charge in [-0.3, -0.25) is 4.90 Å². The number of aliphatic hydroxyl groups excluding tert-OH is 2. The Kier molecular flexibility index (Phi) is 7.46. The van der Waals surface area contributed by atoms with Gasteiger partial charge in [0.25, 0.3) is 0 Å². The molecule has 17 heavy (non-hydrogen) atoms. The number of hydrogen-bond acceptors (Lipinski definition) is 5. The van der Waals surface area contributed by atoms with Crippen LogP contribution in [0.15, 0.2) is 0 Å². The average Bonchev–Trinajstić information content (AvgIpc) is 2.28. The summed E-state index contributed by atoms with van der Waals surface area (Å²) in [4.78, 5) is 2.45. The van der Waals surface area contributed by atoms with Gasteiger partial charge in [-0.05, 0) is 5.92 Å². The average molecular weight is 263 g/mol. The smallest absolute Gasteiger partial charge is 0.0861 e. The summed E-state index contributed by atoms with van der Waals surface area (Å²) in [7, 11) is 0. The topological polar surface area (TPSA) is 52.9 Å². The third-order valence-electron chi connectivity index (χ3n) is 2.67. The van der Waals surface area contributed by atoms with E-state index < -0.39 is 6.10 Å². The molecule has 4 nitrogen and oxygen atoms in total. The Morgan fingerprint density at radius 2 is 2.24 bits per heavy atom. The van der Waals surface area contributed by atoms with E-state index >= 15 is 0 Å². The third kappa shape index (κ3) is 6.62. The van der Waals surface area contributed by atoms with Crippen molar-refractivity contribution in [2.24, 2.45) is 5.92 Å². The van der Waals surface area contributed by atoms with Gasteiger partial charge in [0.1, 0.15) is 0 Å². The van der Waals surface area contributed by atoms with Crippen LogP contribution in [0.25, 0.3) is 0 Å². The Morgan fingerprint density at radius 1 is 1.47 bits per heavy atom. The van der Waals surface area contributed by atoms with E-state index in [4.69, 9.17) is 9.84 Å². The quantitative estimate of drug-likeness (QED) is 0.698. The van der Waals surface area contributed by atoms with Crippen LogP contribution in [0.4, 0.5) is 0 Å². The lowest BCUT2D eigenvalue weighted by molar-refractivity contribution is -0.0192. The van der Waals surface area contributed by atoms with Crippen molar-refractivity contribution in [2.45, 2.75) is 26.1 Å². The molecule has 0 radical (unpaired) electrons. The molecule has 1 saturated heterocycles. The van der Waals surface area contributed by atoms with Crippen LogP contribution in [-0.2, 0) is 4.74 Å². The molecule has 1 aliphatic heterocycles. The monoisotopic (exact) mass is 263 g/mol. The van der Waals surface area contributed by atoms with E-state index in [-0.39, 0.29) is 12.7 Å². The molecule has 0 aromatic heterocycles. The molecule has 2 atom stereocenters. The van der Waals surface area contributed by atoms with E-state index in [2.05, 4.69) is 18.7 Å². The summed E-state index contributed by atoms with van der Waals surface area (Å²) >= 11 is 1.65. The lowest BCUT2D eigenvalue weighted by Gasteiger charge is -2.33. The molecule has 1 heterocycles. The van der Waals surface area contributed by atoms with E-state index in [1.807, 2.05) is 0 Å². The van der Waals surface area contributed by atoms with Crippen LogP contribution in [0.5, 0.6) is 0 Å². The molecule has 2 N–H and O–H groups in total. The van der Waals surface area contributed by atoms with E-state index in [0.29, 0.717) is 11.7 Å². The van der Waals surface area contributed by atoms with Gasteiger partial charge < -0.3 is 14.9 Å². The van der Waals surface area contributed by atoms with Crippen molar-refractivity contribution >= 4 is 11.8 Å². The van der Waals surface area contributed by atoms with Crippen LogP contribution < -0.4 is 0 Å². The Hall–Kier alpha value is 0.190. The number of thioether (sulfide) groups is 1. The standard InChI is InChI=1S/C12H25NO3S/c1-10(2)5-13-3-4-16-12(6-13)9-17-8-11(15)7-14/h10-12,14-15H,3-9H2,1-2H3. The summed E-state index contributed by atoms with van der Waals surface area (Å²) in [5.74, 6) is 2.17. The van der Waals surface area contributed by atoms with Crippen molar-refractivity contribution in [3.05, 3.63) is 0 Å². The highest BCUT2D eigenvalue weighted by Crippen LogP contribution is 2.13. The zero-order chi connectivity index (χ0) is 12.7. The highest BCUT2D eigenvalue weighted by atomic mass is 32.2. The Bertz CT molecular complexity index is 204. The van der Waals surface area contributed by atoms with Crippen molar-refractivity contribution in [3.63, 3.8) is 0 Å². The maximum Gasteiger partial charge on any atom is 0.0861 e. The fraction of sp³-hybridized carbons (Fsp3) is 1.00. The summed E-state index contributed by atoms with van der Waals surface area (Å²) in [6, 6.07) is 0. The molecule has 0 aromatic rings. The second-order valence-corrected chi connectivity index (χ2v) is 6.09. The molecule has 1 rings (SSSR count). The highest BCUT2D eigenvalue weighted by molar-refractivity contribution is 7.99. The molecule has 2 unspecified atom stereocenters. The first-order valence-corrected chi connectivity index (χ1v) is 7.48. The van der Waals surface area contributed by atoms with Gasteiger partial charge in [0.15, 0.2) is 0 Å². The predicted octanol–water partition coefficient (Wildman–Crippen LogP) is 0.430. The van der Waals surface area contributed by atoms with Crippen molar-refractivity contribution in [1.29, 1.82) is 0 Å². The Labute approximate surface area is 108 Å². The normalized spacial score (nSPS) is 24.2. The van der Waals surface area contributed by atoms with Crippen LogP contribution in [0.3, 0.4) is 0 Å². The minimum Gasteiger partial charge on any atom is -0.394 e. The molecule has 0 aromatic carbocycles. The van der Waals surface area contributed by atoms with Gasteiger partial charge in [0, 0.05) is 31.1 Å². The minimum absolute atomic E-state index is 0.155. The zero-order valence-corrected chi connectivity index (χ0v) is 11.7. The van der Waals surface area contributed by atoms with Crippen molar-refractivity contribution in [2.75, 3.05) is 44.4 Å². The number of ether oxygens (including phenoxy) is 1. The number of morpholine rings is 1. The van der Waals surface area contributed by atoms with Crippen LogP contribution in [0.2, 0.25) is 0 Å². The summed E-state index contributed by atoms with van der Waals surface area (Å²) in [6.07, 6.45) is -0.339. The van der Waals surface area contributed by atoms with Crippen LogP contribution in [-0.4, -0.2) is 71.7 Å². The van der Waals surface area contributed by atoms with Gasteiger partial charge in [-0.2, -0.15) is 11.8 Å². The maximum atomic E-state index is 9.24. The first-order valence-electron chi connectivity index (χ1n) is 6.32. The molecule has 0 saturated carbocycles. The molecule has 0 amide bonds. The second-order valence-electron chi connectivity index (χ2n) is 5.02. The summed E-state index contributed by atoms with van der Waals surface area (Å²) in [5.41, 5.74) is 0. The fourth-order valence-corrected chi connectivity index (χ4v) is 2.93. The lowest BCUT2D eigenvalue weighted by Crippen LogP contribution is -2.45. The molecular formula is C12H25NO3S. The number of nitrogens with zero attached hydrogens (tertiary/aromatic N) is 1. The van der Waals surface area contributed by atoms with E-state index in [0.717, 1.165) is 32.0 Å². The van der Waals surface area contributed by atoms with E-state index in [1.165, 1.54) is 0 Å². The van der Waals surface area contributed by atoms with Crippen molar-refractivity contribution in [3.8, 4) is 0 Å². The van der Waals surface area contributed by atoms with E-state index in [1.54, 1.807) is 11.8 Å². The van der Waals surface area contributed by atoms with Crippen molar-refractivity contribution in [1.82, 2.24) is 4.90 Å². The summed E-state index contributed by atoms with van der Waals surface area (Å²) in [5, 5.41) is 17.9. The first-order chi connectivity index (χ1) is 8.11. The van der Waals surface area contributed by atoms with Gasteiger partial charge >= 0.3 is 0 Å². The molecule has 5 heteroatoms. The second kappa shape index (κ2) is 8.32. The third-order valence-corrected chi connectivity index (χ3v) is 3.90. The fourth-order valence-electron chi connectivity index (χ4n) is 1.95. The number of aliphatic hydroxyl groups is 2. The molecule has 0 spiro atoms. The zero-order valence-electron chi connectivity index (χ0n) is 10.8. The van der Waals surface area contributed by atoms with Gasteiger partial charge in [-0.15, -0.1) is 0 Å². The molecule has 102 valence electrons. The van der Waals surface area contributed by atoms with E-state index in [9.17, 15) is 5.11 Å². The SMILES string of the molecule is CC(C)CN1CCOC(CSCC(O)CO)C1. The molecule has 0 aliphatic carbocycles. The number of rotatable bonds is 7. The van der Waals surface area contributed by atoms with Crippen LogP contribution >= 0.6 is 11.8 Å². The largest absolute Gasteiger partial charge is 0.394 e. The molecule has 0 bridgehead atoms. The maximum absolute atomic E-state index is 9.24. The van der Waals surface area contributed by atoms with Gasteiger partial charge in [-0.1, -0.05) is 13.8 Å². The molecular weight excluding hydrogens is 238 g/mol. The van der Waals surface area contributed by atoms with Crippen LogP contribution in [0, 0.1) is 5.92 Å². The first kappa shape index (κ1) is 15.2. The number of hydrogen-bond donors (Lipinski definition) is 2. The summed E-state index contributed by atoms with van der Waals surface area (Å²) < 4.78 is 5.70. The Morgan fingerprint density at radius 3 is 2.88 bits per heavy atom. The van der Waals surface area contributed by atoms with Gasteiger partial charge in [-0.25, -0.2) is 0 Å². The minimum atomic E-state index is -0.602. The highest BCUT2D eigenvalue weighted by Gasteiger charge is 2.20. The van der Waals surface area contributed by atoms with Crippen LogP contribution in [0.1, 0.15) is 13.8 Å². The lowest BCUT2D eigenvalue weighted by atomic mass is 10.2. The predicted molar refractivity (Wildman–Crippen MR) is 71.4 cm³/mol. The van der Waals surface area contributed by atoms with Gasteiger partial charge in [0.05, 0.1) is 25.4 Å². The van der Waals surface area contributed by atoms with Crippen molar-refractivity contribution < 1.29 is 14.9 Å². The molecule has 1 aliphatic rings. The van der Waals surface area contributed by atoms with Gasteiger partial charge in [0.2, 0.25) is 0 Å². The summed E-state index contributed by atoms with van der Waals surface area (Å²) in [6.45, 7) is 8.26.